The van der Waals surface area contributed by atoms with Crippen LogP contribution in [0.15, 0.2) is 41.7 Å². The summed E-state index contributed by atoms with van der Waals surface area (Å²) in [5.41, 5.74) is 1.37. The molecule has 6 heteroatoms. The van der Waals surface area contributed by atoms with Gasteiger partial charge in [-0.1, -0.05) is 37.3 Å². The largest absolute Gasteiger partial charge is 0.356 e. The van der Waals surface area contributed by atoms with Crippen molar-refractivity contribution in [2.75, 3.05) is 13.6 Å². The molecule has 2 aromatic rings. The zero-order chi connectivity index (χ0) is 15.8. The fourth-order valence-electron chi connectivity index (χ4n) is 2.22. The first kappa shape index (κ1) is 16.0. The molecule has 1 aromatic carbocycles. The van der Waals surface area contributed by atoms with Gasteiger partial charge in [0.25, 0.3) is 0 Å². The van der Waals surface area contributed by atoms with Gasteiger partial charge < -0.3 is 10.6 Å². The molecule has 0 aliphatic carbocycles. The fourth-order valence-corrected chi connectivity index (χ4v) is 2.22. The van der Waals surface area contributed by atoms with Crippen LogP contribution in [0, 0.1) is 0 Å². The van der Waals surface area contributed by atoms with Crippen molar-refractivity contribution >= 4 is 5.96 Å². The maximum Gasteiger partial charge on any atom is 0.191 e. The van der Waals surface area contributed by atoms with E-state index in [0.717, 1.165) is 24.7 Å². The van der Waals surface area contributed by atoms with Gasteiger partial charge in [-0.15, -0.1) is 0 Å². The molecule has 0 bridgehead atoms. The molecule has 22 heavy (non-hydrogen) atoms. The van der Waals surface area contributed by atoms with Crippen molar-refractivity contribution in [2.45, 2.75) is 25.8 Å². The molecule has 0 spiro atoms. The number of benzene rings is 1. The number of nitrogens with one attached hydrogen (secondary N) is 2. The molecule has 1 heterocycles. The Morgan fingerprint density at radius 1 is 1.27 bits per heavy atom. The van der Waals surface area contributed by atoms with Gasteiger partial charge in [0.15, 0.2) is 5.96 Å². The van der Waals surface area contributed by atoms with E-state index in [0.29, 0.717) is 12.5 Å². The van der Waals surface area contributed by atoms with Crippen LogP contribution in [0.2, 0.25) is 0 Å². The number of nitrogens with zero attached hydrogens (tertiary/aromatic N) is 4. The van der Waals surface area contributed by atoms with Crippen LogP contribution in [0.3, 0.4) is 0 Å². The van der Waals surface area contributed by atoms with Gasteiger partial charge in [-0.3, -0.25) is 9.67 Å². The van der Waals surface area contributed by atoms with Crippen molar-refractivity contribution in [3.05, 3.63) is 48.0 Å². The molecular weight excluding hydrogens is 276 g/mol. The van der Waals surface area contributed by atoms with E-state index >= 15 is 0 Å². The first-order valence-electron chi connectivity index (χ1n) is 7.53. The zero-order valence-corrected chi connectivity index (χ0v) is 13.5. The summed E-state index contributed by atoms with van der Waals surface area (Å²) >= 11 is 0. The summed E-state index contributed by atoms with van der Waals surface area (Å²) in [5.74, 6) is 2.18. The number of aliphatic imine (C=N–C) groups is 1. The molecule has 0 fully saturated rings. The van der Waals surface area contributed by atoms with Crippen LogP contribution in [0.25, 0.3) is 0 Å². The highest BCUT2D eigenvalue weighted by molar-refractivity contribution is 5.79. The number of hydrogen-bond acceptors (Lipinski definition) is 3. The average molecular weight is 300 g/mol. The van der Waals surface area contributed by atoms with E-state index in [-0.39, 0.29) is 0 Å². The maximum atomic E-state index is 4.22. The summed E-state index contributed by atoms with van der Waals surface area (Å²) in [4.78, 5) is 8.40. The molecule has 1 aromatic heterocycles. The van der Waals surface area contributed by atoms with Gasteiger partial charge in [0.05, 0.1) is 6.54 Å². The summed E-state index contributed by atoms with van der Waals surface area (Å²) in [6, 6.07) is 10.6. The van der Waals surface area contributed by atoms with Crippen molar-refractivity contribution in [1.82, 2.24) is 25.4 Å². The van der Waals surface area contributed by atoms with E-state index in [4.69, 9.17) is 0 Å². The van der Waals surface area contributed by atoms with Gasteiger partial charge in [0.1, 0.15) is 12.2 Å². The molecule has 0 aliphatic rings. The molecule has 0 aliphatic heterocycles. The predicted octanol–water partition coefficient (Wildman–Crippen LogP) is 1.67. The van der Waals surface area contributed by atoms with E-state index in [2.05, 4.69) is 56.9 Å². The van der Waals surface area contributed by atoms with Gasteiger partial charge in [-0.25, -0.2) is 4.98 Å². The van der Waals surface area contributed by atoms with Crippen molar-refractivity contribution < 1.29 is 0 Å². The van der Waals surface area contributed by atoms with Crippen molar-refractivity contribution in [3.8, 4) is 0 Å². The third kappa shape index (κ3) is 4.58. The number of guanidine groups is 1. The molecule has 0 saturated carbocycles. The van der Waals surface area contributed by atoms with Gasteiger partial charge >= 0.3 is 0 Å². The van der Waals surface area contributed by atoms with Crippen LogP contribution in [0.1, 0.15) is 30.7 Å². The molecule has 6 nitrogen and oxygen atoms in total. The number of hydrogen-bond donors (Lipinski definition) is 2. The number of aromatic nitrogens is 3. The number of rotatable bonds is 6. The SMILES string of the molecule is CN=C(NCCC(C)c1ccccc1)NCc1ncnn1C. The fraction of sp³-hybridized carbons (Fsp3) is 0.438. The van der Waals surface area contributed by atoms with Crippen molar-refractivity contribution in [1.29, 1.82) is 0 Å². The first-order valence-corrected chi connectivity index (χ1v) is 7.53. The van der Waals surface area contributed by atoms with Crippen molar-refractivity contribution in [3.63, 3.8) is 0 Å². The Labute approximate surface area is 131 Å². The van der Waals surface area contributed by atoms with Gasteiger partial charge in [-0.05, 0) is 17.9 Å². The van der Waals surface area contributed by atoms with Gasteiger partial charge in [0, 0.05) is 20.6 Å². The van der Waals surface area contributed by atoms with Crippen LogP contribution < -0.4 is 10.6 Å². The Kier molecular flexibility index (Phi) is 5.94. The quantitative estimate of drug-likeness (QED) is 0.629. The lowest BCUT2D eigenvalue weighted by atomic mass is 9.98. The second-order valence-corrected chi connectivity index (χ2v) is 5.25. The second kappa shape index (κ2) is 8.17. The van der Waals surface area contributed by atoms with Crippen LogP contribution in [0.4, 0.5) is 0 Å². The van der Waals surface area contributed by atoms with Crippen molar-refractivity contribution in [2.24, 2.45) is 12.0 Å². The highest BCUT2D eigenvalue weighted by atomic mass is 15.3. The summed E-state index contributed by atoms with van der Waals surface area (Å²) in [6.07, 6.45) is 2.60. The van der Waals surface area contributed by atoms with Crippen LogP contribution in [-0.4, -0.2) is 34.3 Å². The van der Waals surface area contributed by atoms with E-state index in [1.807, 2.05) is 13.1 Å². The van der Waals surface area contributed by atoms with E-state index < -0.39 is 0 Å². The van der Waals surface area contributed by atoms with E-state index in [9.17, 15) is 0 Å². The third-order valence-corrected chi connectivity index (χ3v) is 3.68. The minimum Gasteiger partial charge on any atom is -0.356 e. The molecule has 1 atom stereocenters. The second-order valence-electron chi connectivity index (χ2n) is 5.25. The maximum absolute atomic E-state index is 4.22. The lowest BCUT2D eigenvalue weighted by Gasteiger charge is -2.15. The van der Waals surface area contributed by atoms with Crippen LogP contribution in [0.5, 0.6) is 0 Å². The first-order chi connectivity index (χ1) is 10.7. The summed E-state index contributed by atoms with van der Waals surface area (Å²) in [7, 11) is 3.65. The molecule has 0 radical (unpaired) electrons. The summed E-state index contributed by atoms with van der Waals surface area (Å²) < 4.78 is 1.75. The van der Waals surface area contributed by atoms with Crippen LogP contribution in [-0.2, 0) is 13.6 Å². The topological polar surface area (TPSA) is 67.1 Å². The summed E-state index contributed by atoms with van der Waals surface area (Å²) in [6.45, 7) is 3.71. The predicted molar refractivity (Wildman–Crippen MR) is 88.7 cm³/mol. The van der Waals surface area contributed by atoms with Gasteiger partial charge in [0.2, 0.25) is 0 Å². The lowest BCUT2D eigenvalue weighted by molar-refractivity contribution is 0.641. The Hall–Kier alpha value is -2.37. The highest BCUT2D eigenvalue weighted by Crippen LogP contribution is 2.17. The molecule has 1 unspecified atom stereocenters. The lowest BCUT2D eigenvalue weighted by Crippen LogP contribution is -2.38. The Bertz CT molecular complexity index is 590. The molecule has 0 amide bonds. The smallest absolute Gasteiger partial charge is 0.191 e. The Balaban J connectivity index is 1.74. The molecule has 118 valence electrons. The Morgan fingerprint density at radius 3 is 2.68 bits per heavy atom. The van der Waals surface area contributed by atoms with E-state index in [1.54, 1.807) is 18.1 Å². The third-order valence-electron chi connectivity index (χ3n) is 3.68. The van der Waals surface area contributed by atoms with Gasteiger partial charge in [-0.2, -0.15) is 5.10 Å². The minimum atomic E-state index is 0.519. The van der Waals surface area contributed by atoms with E-state index in [1.165, 1.54) is 5.56 Å². The highest BCUT2D eigenvalue weighted by Gasteiger charge is 2.06. The molecular formula is C16H24N6. The molecule has 2 N–H and O–H groups in total. The molecule has 2 rings (SSSR count). The zero-order valence-electron chi connectivity index (χ0n) is 13.5. The molecule has 0 saturated heterocycles. The Morgan fingerprint density at radius 2 is 2.05 bits per heavy atom. The summed E-state index contributed by atoms with van der Waals surface area (Å²) in [5, 5.41) is 10.6. The average Bonchev–Trinajstić information content (AvgIpc) is 2.96. The normalized spacial score (nSPS) is 13.0. The standard InChI is InChI=1S/C16H24N6/c1-13(14-7-5-4-6-8-14)9-10-18-16(17-2)19-11-15-20-12-21-22(15)3/h4-8,12-13H,9-11H2,1-3H3,(H2,17,18,19). The van der Waals surface area contributed by atoms with Crippen LogP contribution >= 0.6 is 0 Å². The monoisotopic (exact) mass is 300 g/mol. The minimum absolute atomic E-state index is 0.519. The number of aryl methyl sites for hydroxylation is 1.